The van der Waals surface area contributed by atoms with Crippen molar-refractivity contribution in [2.45, 2.75) is 45.6 Å². The van der Waals surface area contributed by atoms with Crippen LogP contribution >= 0.6 is 27.5 Å². The minimum absolute atomic E-state index is 0.00728. The van der Waals surface area contributed by atoms with E-state index < -0.39 is 42.4 Å². The van der Waals surface area contributed by atoms with Crippen molar-refractivity contribution in [1.29, 1.82) is 0 Å². The lowest BCUT2D eigenvalue weighted by molar-refractivity contribution is -0.274. The van der Waals surface area contributed by atoms with Crippen molar-refractivity contribution in [1.82, 2.24) is 14.5 Å². The molecule has 0 aliphatic carbocycles. The van der Waals surface area contributed by atoms with Crippen molar-refractivity contribution in [3.63, 3.8) is 0 Å². The lowest BCUT2D eigenvalue weighted by atomic mass is 10.2. The molecule has 1 aliphatic heterocycles. The second-order valence-electron chi connectivity index (χ2n) is 9.81. The summed E-state index contributed by atoms with van der Waals surface area (Å²) in [4.78, 5) is 32.2. The van der Waals surface area contributed by atoms with Gasteiger partial charge in [0, 0.05) is 11.1 Å². The molecule has 2 heterocycles. The Morgan fingerprint density at radius 3 is 2.51 bits per heavy atom. The summed E-state index contributed by atoms with van der Waals surface area (Å²) in [5, 5.41) is 0.493. The highest BCUT2D eigenvalue weighted by Gasteiger charge is 2.37. The minimum atomic E-state index is -4.90. The Morgan fingerprint density at radius 2 is 1.88 bits per heavy atom. The monoisotopic (exact) mass is 689 g/mol. The van der Waals surface area contributed by atoms with Crippen LogP contribution in [-0.4, -0.2) is 70.9 Å². The van der Waals surface area contributed by atoms with E-state index in [4.69, 9.17) is 30.5 Å². The van der Waals surface area contributed by atoms with E-state index in [0.717, 1.165) is 12.1 Å². The molecule has 1 aliphatic rings. The molecule has 1 saturated heterocycles. The van der Waals surface area contributed by atoms with Gasteiger partial charge in [0.1, 0.15) is 34.4 Å². The van der Waals surface area contributed by atoms with Gasteiger partial charge in [-0.3, -0.25) is 14.2 Å². The largest absolute Gasteiger partial charge is 0.573 e. The molecule has 4 rings (SSSR count). The van der Waals surface area contributed by atoms with Gasteiger partial charge in [0.25, 0.3) is 5.91 Å². The zero-order chi connectivity index (χ0) is 31.4. The third kappa shape index (κ3) is 9.08. The normalized spacial score (nSPS) is 16.1. The molecule has 1 fully saturated rings. The Kier molecular flexibility index (Phi) is 10.3. The van der Waals surface area contributed by atoms with Gasteiger partial charge in [0.05, 0.1) is 26.3 Å². The molecule has 1 aromatic heterocycles. The summed E-state index contributed by atoms with van der Waals surface area (Å²) in [6.07, 6.45) is -5.44. The highest BCUT2D eigenvalue weighted by molar-refractivity contribution is 9.10. The van der Waals surface area contributed by atoms with Crippen LogP contribution in [0.15, 0.2) is 53.1 Å². The van der Waals surface area contributed by atoms with Crippen LogP contribution in [-0.2, 0) is 25.5 Å². The average molecular weight is 691 g/mol. The maximum Gasteiger partial charge on any atom is 0.573 e. The molecule has 2 aromatic carbocycles. The summed E-state index contributed by atoms with van der Waals surface area (Å²) in [5.74, 6) is -2.65. The van der Waals surface area contributed by atoms with E-state index in [1.807, 2.05) is 0 Å². The van der Waals surface area contributed by atoms with Gasteiger partial charge in [-0.2, -0.15) is 4.98 Å². The topological polar surface area (TPSA) is 101 Å². The van der Waals surface area contributed by atoms with E-state index >= 15 is 0 Å². The van der Waals surface area contributed by atoms with E-state index in [2.05, 4.69) is 25.7 Å². The molecule has 0 spiro atoms. The van der Waals surface area contributed by atoms with Crippen LogP contribution in [0.2, 0.25) is 5.02 Å². The maximum absolute atomic E-state index is 14.1. The molecular weight excluding hydrogens is 663 g/mol. The number of rotatable bonds is 11. The van der Waals surface area contributed by atoms with E-state index in [1.165, 1.54) is 21.6 Å². The Balaban J connectivity index is 1.72. The first-order valence-corrected chi connectivity index (χ1v) is 14.2. The van der Waals surface area contributed by atoms with Gasteiger partial charge in [-0.15, -0.1) is 13.2 Å². The molecule has 10 nitrogen and oxygen atoms in total. The van der Waals surface area contributed by atoms with Crippen molar-refractivity contribution in [2.75, 3.05) is 26.3 Å². The molecule has 0 saturated carbocycles. The van der Waals surface area contributed by atoms with Crippen LogP contribution < -0.4 is 9.47 Å². The van der Waals surface area contributed by atoms with Gasteiger partial charge >= 0.3 is 18.3 Å². The Bertz CT molecular complexity index is 1450. The first-order chi connectivity index (χ1) is 20.2. The third-order valence-corrected chi connectivity index (χ3v) is 6.80. The summed E-state index contributed by atoms with van der Waals surface area (Å²) in [6, 6.07) is 11.5. The van der Waals surface area contributed by atoms with Crippen LogP contribution in [0.4, 0.5) is 13.2 Å². The predicted molar refractivity (Wildman–Crippen MR) is 151 cm³/mol. The number of aromatic nitrogens is 2. The zero-order valence-electron chi connectivity index (χ0n) is 23.3. The lowest BCUT2D eigenvalue weighted by Gasteiger charge is -2.25. The molecule has 1 amide bonds. The molecule has 43 heavy (non-hydrogen) atoms. The number of esters is 1. The Morgan fingerprint density at radius 1 is 1.19 bits per heavy atom. The van der Waals surface area contributed by atoms with Crippen molar-refractivity contribution in [3.05, 3.63) is 69.4 Å². The quantitative estimate of drug-likeness (QED) is 0.220. The lowest BCUT2D eigenvalue weighted by Crippen LogP contribution is -2.43. The number of carbonyl (C=O) groups is 2. The number of amides is 1. The number of benzene rings is 2. The molecule has 3 aromatic rings. The fraction of sp³-hybridized carbons (Fsp3) is 0.393. The number of alkyl halides is 3. The molecule has 15 heteroatoms. The van der Waals surface area contributed by atoms with E-state index in [9.17, 15) is 22.8 Å². The number of nitrogens with zero attached hydrogens (tertiary/aromatic N) is 3. The number of halogens is 5. The summed E-state index contributed by atoms with van der Waals surface area (Å²) in [7, 11) is 0. The van der Waals surface area contributed by atoms with E-state index in [0.29, 0.717) is 10.6 Å². The zero-order valence-corrected chi connectivity index (χ0v) is 25.7. The standard InChI is InChI=1S/C28H28BrClF3N3O7/c1-4-39-22(37)15-35(14-21-16-40-27(2,3)42-21)25(38)23-24(29)34-26(36(23)13-17-8-10-18(30)11-9-17)41-19-6-5-7-20(12-19)43-28(31,32)33/h5-12,21H,4,13-16H2,1-3H3. The number of hydrogen-bond donors (Lipinski definition) is 0. The average Bonchev–Trinajstić information content (AvgIpc) is 3.40. The smallest absolute Gasteiger partial charge is 0.465 e. The van der Waals surface area contributed by atoms with Gasteiger partial charge in [0.15, 0.2) is 5.79 Å². The molecule has 1 unspecified atom stereocenters. The number of hydrogen-bond acceptors (Lipinski definition) is 8. The molecule has 0 bridgehead atoms. The second kappa shape index (κ2) is 13.5. The Hall–Kier alpha value is -3.33. The molecule has 0 radical (unpaired) electrons. The van der Waals surface area contributed by atoms with Gasteiger partial charge in [0.2, 0.25) is 0 Å². The molecule has 232 valence electrons. The molecule has 0 N–H and O–H groups in total. The van der Waals surface area contributed by atoms with Crippen LogP contribution in [0.5, 0.6) is 17.5 Å². The summed E-state index contributed by atoms with van der Waals surface area (Å²) < 4.78 is 66.3. The number of carbonyl (C=O) groups excluding carboxylic acids is 2. The van der Waals surface area contributed by atoms with Crippen molar-refractivity contribution in [2.24, 2.45) is 0 Å². The predicted octanol–water partition coefficient (Wildman–Crippen LogP) is 6.20. The fourth-order valence-electron chi connectivity index (χ4n) is 4.28. The van der Waals surface area contributed by atoms with Crippen LogP contribution in [0.25, 0.3) is 0 Å². The first kappa shape index (κ1) is 32.6. The highest BCUT2D eigenvalue weighted by Crippen LogP contribution is 2.33. The van der Waals surface area contributed by atoms with Gasteiger partial charge in [-0.1, -0.05) is 29.8 Å². The van der Waals surface area contributed by atoms with E-state index in [-0.39, 0.29) is 48.4 Å². The van der Waals surface area contributed by atoms with Crippen molar-refractivity contribution >= 4 is 39.4 Å². The third-order valence-electron chi connectivity index (χ3n) is 6.00. The van der Waals surface area contributed by atoms with Crippen molar-refractivity contribution in [3.8, 4) is 17.5 Å². The van der Waals surface area contributed by atoms with Crippen LogP contribution in [0.3, 0.4) is 0 Å². The van der Waals surface area contributed by atoms with Gasteiger partial charge < -0.3 is 28.6 Å². The molecule has 1 atom stereocenters. The van der Waals surface area contributed by atoms with E-state index in [1.54, 1.807) is 45.0 Å². The summed E-state index contributed by atoms with van der Waals surface area (Å²) in [6.45, 7) is 5.08. The summed E-state index contributed by atoms with van der Waals surface area (Å²) >= 11 is 9.38. The van der Waals surface area contributed by atoms with Gasteiger partial charge in [-0.25, -0.2) is 0 Å². The van der Waals surface area contributed by atoms with Gasteiger partial charge in [-0.05, 0) is 66.5 Å². The van der Waals surface area contributed by atoms with Crippen molar-refractivity contribution < 1.29 is 46.4 Å². The van der Waals surface area contributed by atoms with Crippen LogP contribution in [0.1, 0.15) is 36.8 Å². The minimum Gasteiger partial charge on any atom is -0.465 e. The second-order valence-corrected chi connectivity index (χ2v) is 11.0. The first-order valence-electron chi connectivity index (χ1n) is 13.0. The number of imidazole rings is 1. The number of ether oxygens (including phenoxy) is 5. The Labute approximate surface area is 258 Å². The SMILES string of the molecule is CCOC(=O)CN(CC1COC(C)(C)O1)C(=O)c1c(Br)nc(Oc2cccc(OC(F)(F)F)c2)n1Cc1ccc(Cl)cc1. The summed E-state index contributed by atoms with van der Waals surface area (Å²) in [5.41, 5.74) is 0.712. The van der Waals surface area contributed by atoms with Crippen LogP contribution in [0, 0.1) is 0 Å². The highest BCUT2D eigenvalue weighted by atomic mass is 79.9. The molecular formula is C28H28BrClF3N3O7. The maximum atomic E-state index is 14.1. The fourth-order valence-corrected chi connectivity index (χ4v) is 4.94.